The van der Waals surface area contributed by atoms with Gasteiger partial charge in [-0.2, -0.15) is 0 Å². The number of aromatic nitrogens is 1. The Morgan fingerprint density at radius 1 is 1.30 bits per heavy atom. The van der Waals surface area contributed by atoms with Crippen LogP contribution >= 0.6 is 22.9 Å². The molecule has 0 aliphatic carbocycles. The zero-order chi connectivity index (χ0) is 19.4. The Morgan fingerprint density at radius 2 is 1.96 bits per heavy atom. The van der Waals surface area contributed by atoms with Crippen LogP contribution in [0, 0.1) is 0 Å². The van der Waals surface area contributed by atoms with E-state index in [0.717, 1.165) is 10.6 Å². The van der Waals surface area contributed by atoms with E-state index in [-0.39, 0.29) is 17.7 Å². The Bertz CT molecular complexity index is 889. The van der Waals surface area contributed by atoms with Gasteiger partial charge in [-0.05, 0) is 31.4 Å². The van der Waals surface area contributed by atoms with Gasteiger partial charge < -0.3 is 4.90 Å². The van der Waals surface area contributed by atoms with Gasteiger partial charge in [-0.1, -0.05) is 30.7 Å². The molecule has 1 fully saturated rings. The molecule has 0 bridgehead atoms. The molecule has 2 heterocycles. The molecule has 3 rings (SSSR count). The van der Waals surface area contributed by atoms with E-state index < -0.39 is 10.0 Å². The monoisotopic (exact) mass is 427 g/mol. The standard InChI is InChI=1S/C18H22ClN3O3S2/c1-2-11-27(24,25)21-15-7-9-22(10-8-15)18(23)16-12-26-17(20-16)13-3-5-14(19)6-4-13/h3-6,12,15,21H,2,7-11H2,1H3. The molecule has 1 N–H and O–H groups in total. The first-order valence-corrected chi connectivity index (χ1v) is 11.8. The van der Waals surface area contributed by atoms with E-state index in [1.807, 2.05) is 19.1 Å². The number of sulfonamides is 1. The topological polar surface area (TPSA) is 79.4 Å². The third-order valence-electron chi connectivity index (χ3n) is 4.42. The Morgan fingerprint density at radius 3 is 2.59 bits per heavy atom. The second-order valence-electron chi connectivity index (χ2n) is 6.55. The molecule has 1 saturated heterocycles. The van der Waals surface area contributed by atoms with Gasteiger partial charge in [-0.25, -0.2) is 18.1 Å². The molecule has 1 amide bonds. The van der Waals surface area contributed by atoms with Crippen LogP contribution in [0.4, 0.5) is 0 Å². The number of halogens is 1. The molecule has 0 radical (unpaired) electrons. The molecule has 0 unspecified atom stereocenters. The predicted octanol–water partition coefficient (Wildman–Crippen LogP) is 3.40. The number of benzene rings is 1. The lowest BCUT2D eigenvalue weighted by molar-refractivity contribution is 0.0706. The highest BCUT2D eigenvalue weighted by molar-refractivity contribution is 7.89. The highest BCUT2D eigenvalue weighted by Crippen LogP contribution is 2.26. The average Bonchev–Trinajstić information content (AvgIpc) is 3.12. The number of carbonyl (C=O) groups excluding carboxylic acids is 1. The average molecular weight is 428 g/mol. The van der Waals surface area contributed by atoms with E-state index in [4.69, 9.17) is 11.6 Å². The number of piperidine rings is 1. The van der Waals surface area contributed by atoms with Crippen molar-refractivity contribution in [1.29, 1.82) is 0 Å². The zero-order valence-electron chi connectivity index (χ0n) is 15.0. The number of nitrogens with one attached hydrogen (secondary N) is 1. The van der Waals surface area contributed by atoms with Crippen LogP contribution in [0.25, 0.3) is 10.6 Å². The van der Waals surface area contributed by atoms with Crippen LogP contribution in [0.2, 0.25) is 5.02 Å². The van der Waals surface area contributed by atoms with Gasteiger partial charge in [0.1, 0.15) is 10.7 Å². The number of hydrogen-bond donors (Lipinski definition) is 1. The summed E-state index contributed by atoms with van der Waals surface area (Å²) in [4.78, 5) is 18.9. The minimum atomic E-state index is -3.23. The first kappa shape index (κ1) is 20.3. The molecule has 0 spiro atoms. The van der Waals surface area contributed by atoms with Crippen molar-refractivity contribution in [2.45, 2.75) is 32.2 Å². The minimum absolute atomic E-state index is 0.106. The molecule has 1 aromatic carbocycles. The van der Waals surface area contributed by atoms with Crippen LogP contribution in [0.1, 0.15) is 36.7 Å². The number of carbonyl (C=O) groups is 1. The summed E-state index contributed by atoms with van der Waals surface area (Å²) in [6, 6.07) is 7.24. The fraction of sp³-hybridized carbons (Fsp3) is 0.444. The quantitative estimate of drug-likeness (QED) is 0.766. The smallest absolute Gasteiger partial charge is 0.273 e. The fourth-order valence-corrected chi connectivity index (χ4v) is 5.37. The van der Waals surface area contributed by atoms with Crippen LogP contribution in [-0.2, 0) is 10.0 Å². The van der Waals surface area contributed by atoms with Crippen molar-refractivity contribution in [2.75, 3.05) is 18.8 Å². The summed E-state index contributed by atoms with van der Waals surface area (Å²) in [5.74, 6) is 0.0275. The van der Waals surface area contributed by atoms with Crippen molar-refractivity contribution in [3.05, 3.63) is 40.4 Å². The molecule has 9 heteroatoms. The van der Waals surface area contributed by atoms with Crippen molar-refractivity contribution in [2.24, 2.45) is 0 Å². The van der Waals surface area contributed by atoms with Crippen molar-refractivity contribution < 1.29 is 13.2 Å². The highest BCUT2D eigenvalue weighted by atomic mass is 35.5. The van der Waals surface area contributed by atoms with Gasteiger partial charge >= 0.3 is 0 Å². The molecule has 6 nitrogen and oxygen atoms in total. The highest BCUT2D eigenvalue weighted by Gasteiger charge is 2.27. The van der Waals surface area contributed by atoms with E-state index in [0.29, 0.717) is 43.1 Å². The van der Waals surface area contributed by atoms with Crippen LogP contribution in [0.15, 0.2) is 29.6 Å². The van der Waals surface area contributed by atoms with Crippen molar-refractivity contribution in [3.63, 3.8) is 0 Å². The van der Waals surface area contributed by atoms with E-state index in [1.54, 1.807) is 22.4 Å². The second-order valence-corrected chi connectivity index (χ2v) is 9.72. The van der Waals surface area contributed by atoms with E-state index in [9.17, 15) is 13.2 Å². The van der Waals surface area contributed by atoms with Gasteiger partial charge in [0.15, 0.2) is 0 Å². The largest absolute Gasteiger partial charge is 0.337 e. The van der Waals surface area contributed by atoms with E-state index in [1.165, 1.54) is 11.3 Å². The number of amides is 1. The Labute approximate surface area is 168 Å². The molecule has 1 aliphatic heterocycles. The van der Waals surface area contributed by atoms with Crippen LogP contribution in [-0.4, -0.2) is 49.1 Å². The summed E-state index contributed by atoms with van der Waals surface area (Å²) in [5, 5.41) is 3.20. The van der Waals surface area contributed by atoms with Crippen LogP contribution in [0.3, 0.4) is 0 Å². The maximum atomic E-state index is 12.7. The Kier molecular flexibility index (Phi) is 6.52. The maximum absolute atomic E-state index is 12.7. The van der Waals surface area contributed by atoms with Gasteiger partial charge in [0.05, 0.1) is 5.75 Å². The molecule has 0 atom stereocenters. The molecular weight excluding hydrogens is 406 g/mol. The summed E-state index contributed by atoms with van der Waals surface area (Å²) in [6.45, 7) is 2.88. The summed E-state index contributed by atoms with van der Waals surface area (Å²) >= 11 is 7.33. The van der Waals surface area contributed by atoms with Gasteiger partial charge in [-0.15, -0.1) is 11.3 Å². The SMILES string of the molecule is CCCS(=O)(=O)NC1CCN(C(=O)c2csc(-c3ccc(Cl)cc3)n2)CC1. The number of nitrogens with zero attached hydrogens (tertiary/aromatic N) is 2. The molecule has 1 aromatic heterocycles. The molecule has 2 aromatic rings. The van der Waals surface area contributed by atoms with Crippen molar-refractivity contribution in [3.8, 4) is 10.6 Å². The molecule has 1 aliphatic rings. The Hall–Kier alpha value is -1.48. The number of hydrogen-bond acceptors (Lipinski definition) is 5. The van der Waals surface area contributed by atoms with Gasteiger partial charge in [0.25, 0.3) is 5.91 Å². The van der Waals surface area contributed by atoms with Crippen molar-refractivity contribution >= 4 is 38.9 Å². The molecule has 146 valence electrons. The molecule has 27 heavy (non-hydrogen) atoms. The summed E-state index contributed by atoms with van der Waals surface area (Å²) in [7, 11) is -3.23. The second kappa shape index (κ2) is 8.68. The lowest BCUT2D eigenvalue weighted by Crippen LogP contribution is -2.47. The van der Waals surface area contributed by atoms with Gasteiger partial charge in [0, 0.05) is 35.1 Å². The lowest BCUT2D eigenvalue weighted by atomic mass is 10.1. The van der Waals surface area contributed by atoms with Crippen molar-refractivity contribution in [1.82, 2.24) is 14.6 Å². The first-order chi connectivity index (χ1) is 12.9. The van der Waals surface area contributed by atoms with Gasteiger partial charge in [-0.3, -0.25) is 4.79 Å². The summed E-state index contributed by atoms with van der Waals surface area (Å²) < 4.78 is 26.5. The van der Waals surface area contributed by atoms with Gasteiger partial charge in [0.2, 0.25) is 10.0 Å². The van der Waals surface area contributed by atoms with E-state index >= 15 is 0 Å². The summed E-state index contributed by atoms with van der Waals surface area (Å²) in [6.07, 6.45) is 1.82. The lowest BCUT2D eigenvalue weighted by Gasteiger charge is -2.31. The number of thiazole rings is 1. The zero-order valence-corrected chi connectivity index (χ0v) is 17.4. The third-order valence-corrected chi connectivity index (χ3v) is 7.20. The first-order valence-electron chi connectivity index (χ1n) is 8.88. The summed E-state index contributed by atoms with van der Waals surface area (Å²) in [5.41, 5.74) is 1.35. The van der Waals surface area contributed by atoms with Crippen LogP contribution < -0.4 is 4.72 Å². The normalized spacial score (nSPS) is 15.9. The Balaban J connectivity index is 1.59. The van der Waals surface area contributed by atoms with E-state index in [2.05, 4.69) is 9.71 Å². The minimum Gasteiger partial charge on any atom is -0.337 e. The third kappa shape index (κ3) is 5.28. The molecule has 0 saturated carbocycles. The molecular formula is C18H22ClN3O3S2. The van der Waals surface area contributed by atoms with Crippen LogP contribution in [0.5, 0.6) is 0 Å². The fourth-order valence-electron chi connectivity index (χ4n) is 3.04. The predicted molar refractivity (Wildman–Crippen MR) is 109 cm³/mol. The maximum Gasteiger partial charge on any atom is 0.273 e. The number of rotatable bonds is 6. The number of likely N-dealkylation sites (tertiary alicyclic amines) is 1.